The maximum absolute atomic E-state index is 13.1. The van der Waals surface area contributed by atoms with Crippen molar-refractivity contribution in [3.63, 3.8) is 0 Å². The van der Waals surface area contributed by atoms with Gasteiger partial charge < -0.3 is 20.3 Å². The zero-order valence-electron chi connectivity index (χ0n) is 29.2. The maximum Gasteiger partial charge on any atom is 0.355 e. The van der Waals surface area contributed by atoms with Gasteiger partial charge in [0.05, 0.1) is 0 Å². The quantitative estimate of drug-likeness (QED) is 0.0712. The number of hydrogen-bond acceptors (Lipinski definition) is 9. The van der Waals surface area contributed by atoms with Crippen molar-refractivity contribution in [2.75, 3.05) is 30.8 Å². The van der Waals surface area contributed by atoms with Gasteiger partial charge in [0.25, 0.3) is 11.8 Å². The van der Waals surface area contributed by atoms with Crippen LogP contribution in [0.2, 0.25) is 0 Å². The number of anilines is 2. The average Bonchev–Trinajstić information content (AvgIpc) is 3.19. The molecule has 53 heavy (non-hydrogen) atoms. The molecular weight excluding hydrogens is 672 g/mol. The molecule has 0 aliphatic carbocycles. The topological polar surface area (TPSA) is 143 Å². The van der Waals surface area contributed by atoms with Crippen molar-refractivity contribution in [1.29, 1.82) is 0 Å². The molecule has 4 rings (SSSR count). The van der Waals surface area contributed by atoms with E-state index >= 15 is 0 Å². The summed E-state index contributed by atoms with van der Waals surface area (Å²) >= 11 is 0. The van der Waals surface area contributed by atoms with Crippen LogP contribution in [-0.4, -0.2) is 54.7 Å². The van der Waals surface area contributed by atoms with E-state index in [1.807, 2.05) is 103 Å². The van der Waals surface area contributed by atoms with Gasteiger partial charge in [-0.3, -0.25) is 14.4 Å². The van der Waals surface area contributed by atoms with Crippen LogP contribution < -0.4 is 16.1 Å². The predicted molar refractivity (Wildman–Crippen MR) is 205 cm³/mol. The number of benzene rings is 4. The van der Waals surface area contributed by atoms with E-state index in [0.717, 1.165) is 63.7 Å². The van der Waals surface area contributed by atoms with Crippen molar-refractivity contribution in [2.45, 2.75) is 12.8 Å². The van der Waals surface area contributed by atoms with Crippen LogP contribution in [0.5, 0.6) is 0 Å². The summed E-state index contributed by atoms with van der Waals surface area (Å²) in [5, 5.41) is 7.59. The van der Waals surface area contributed by atoms with Crippen LogP contribution in [0.3, 0.4) is 0 Å². The molecule has 3 N–H and O–H groups in total. The molecule has 0 unspecified atom stereocenters. The van der Waals surface area contributed by atoms with Gasteiger partial charge in [-0.1, -0.05) is 73.8 Å². The second-order valence-corrected chi connectivity index (χ2v) is 11.5. The summed E-state index contributed by atoms with van der Waals surface area (Å²) in [4.78, 5) is 68.3. The van der Waals surface area contributed by atoms with Crippen LogP contribution in [0, 0.1) is 0 Å². The Bertz CT molecular complexity index is 1970. The zero-order valence-corrected chi connectivity index (χ0v) is 29.2. The normalized spacial score (nSPS) is 10.7. The van der Waals surface area contributed by atoms with Crippen molar-refractivity contribution in [2.24, 2.45) is 0 Å². The minimum absolute atomic E-state index is 0.0501. The number of nitrogens with zero attached hydrogens (tertiary/aromatic N) is 1. The first-order valence-electron chi connectivity index (χ1n) is 16.7. The Balaban J connectivity index is 1.16. The third-order valence-electron chi connectivity index (χ3n) is 7.71. The summed E-state index contributed by atoms with van der Waals surface area (Å²) in [6, 6.07) is 30.3. The van der Waals surface area contributed by atoms with Gasteiger partial charge >= 0.3 is 11.9 Å². The summed E-state index contributed by atoms with van der Waals surface area (Å²) in [5.41, 5.74) is 8.90. The van der Waals surface area contributed by atoms with E-state index in [1.54, 1.807) is 12.2 Å². The first kappa shape index (κ1) is 38.8. The van der Waals surface area contributed by atoms with Gasteiger partial charge in [-0.15, -0.1) is 0 Å². The molecule has 0 spiro atoms. The third-order valence-corrected chi connectivity index (χ3v) is 7.71. The molecule has 0 saturated carbocycles. The van der Waals surface area contributed by atoms with Crippen LogP contribution in [0.25, 0.3) is 12.2 Å². The minimum Gasteiger partial charge on any atom is -0.385 e. The van der Waals surface area contributed by atoms with Crippen LogP contribution in [0.4, 0.5) is 11.4 Å². The lowest BCUT2D eigenvalue weighted by Gasteiger charge is -2.12. The molecule has 0 bridgehead atoms. The lowest BCUT2D eigenvalue weighted by Crippen LogP contribution is -2.27. The predicted octanol–water partition coefficient (Wildman–Crippen LogP) is 6.12. The highest BCUT2D eigenvalue weighted by Crippen LogP contribution is 2.16. The van der Waals surface area contributed by atoms with Crippen LogP contribution in [-0.2, 0) is 41.7 Å². The van der Waals surface area contributed by atoms with Crippen molar-refractivity contribution >= 4 is 53.1 Å². The lowest BCUT2D eigenvalue weighted by molar-refractivity contribution is -0.184. The molecule has 0 atom stereocenters. The standard InChI is InChI=1S/C42H40N4O7/c1-4-40(49)52-45-38(47)24-14-30-6-8-32(9-7-30)26-28-44-37-22-18-35(19-23-37)42(51)34-16-10-33(11-17-34)27-29-43-36-20-12-31(13-21-36)15-25-39(48)46(3)53-41(50)5-2/h4-25,43-44H,1-2,26-29H2,3H3,(H,45,47)/b24-14+,25-15+. The van der Waals surface area contributed by atoms with Crippen molar-refractivity contribution in [1.82, 2.24) is 10.5 Å². The molecule has 4 aromatic rings. The number of carbonyl (C=O) groups excluding carboxylic acids is 5. The highest BCUT2D eigenvalue weighted by molar-refractivity contribution is 6.09. The molecule has 4 aromatic carbocycles. The third kappa shape index (κ3) is 13.0. The highest BCUT2D eigenvalue weighted by Gasteiger charge is 2.10. The second-order valence-electron chi connectivity index (χ2n) is 11.5. The maximum atomic E-state index is 13.1. The SMILES string of the molecule is C=CC(=O)ONC(=O)/C=C/c1ccc(CCNc2ccc(C(=O)c3ccc(CCNc4ccc(/C=C/C(=O)N(C)OC(=O)C=C)cc4)cc3)cc2)cc1. The van der Waals surface area contributed by atoms with E-state index in [9.17, 15) is 24.0 Å². The summed E-state index contributed by atoms with van der Waals surface area (Å²) in [7, 11) is 1.35. The number of hydrogen-bond donors (Lipinski definition) is 3. The van der Waals surface area contributed by atoms with Gasteiger partial charge in [0.2, 0.25) is 0 Å². The van der Waals surface area contributed by atoms with Crippen molar-refractivity contribution in [3.8, 4) is 0 Å². The van der Waals surface area contributed by atoms with E-state index in [1.165, 1.54) is 19.2 Å². The molecule has 2 amide bonds. The molecule has 11 nitrogen and oxygen atoms in total. The molecular formula is C42H40N4O7. The fourth-order valence-corrected chi connectivity index (χ4v) is 4.78. The summed E-state index contributed by atoms with van der Waals surface area (Å²) < 4.78 is 0. The van der Waals surface area contributed by atoms with Gasteiger partial charge in [0.15, 0.2) is 5.78 Å². The number of rotatable bonds is 16. The van der Waals surface area contributed by atoms with E-state index in [2.05, 4.69) is 28.6 Å². The number of amides is 2. The van der Waals surface area contributed by atoms with Gasteiger partial charge in [-0.25, -0.2) is 9.59 Å². The van der Waals surface area contributed by atoms with E-state index in [4.69, 9.17) is 4.84 Å². The van der Waals surface area contributed by atoms with Gasteiger partial charge in [-0.2, -0.15) is 10.5 Å². The Morgan fingerprint density at radius 1 is 0.623 bits per heavy atom. The molecule has 0 aliphatic heterocycles. The Morgan fingerprint density at radius 3 is 1.60 bits per heavy atom. The van der Waals surface area contributed by atoms with Crippen molar-refractivity contribution in [3.05, 3.63) is 168 Å². The second kappa shape index (κ2) is 20.0. The van der Waals surface area contributed by atoms with Crippen molar-refractivity contribution < 1.29 is 33.6 Å². The van der Waals surface area contributed by atoms with E-state index in [0.29, 0.717) is 24.2 Å². The monoisotopic (exact) mass is 712 g/mol. The molecule has 0 saturated heterocycles. The number of nitrogens with one attached hydrogen (secondary N) is 3. The first-order chi connectivity index (χ1) is 25.6. The molecule has 270 valence electrons. The zero-order chi connectivity index (χ0) is 38.0. The Labute approximate surface area is 308 Å². The molecule has 0 fully saturated rings. The van der Waals surface area contributed by atoms with Crippen LogP contribution in [0.15, 0.2) is 135 Å². The number of carbonyl (C=O) groups is 5. The summed E-state index contributed by atoms with van der Waals surface area (Å²) in [6.45, 7) is 7.93. The smallest absolute Gasteiger partial charge is 0.355 e. The van der Waals surface area contributed by atoms with Gasteiger partial charge in [-0.05, 0) is 83.6 Å². The van der Waals surface area contributed by atoms with Crippen LogP contribution >= 0.6 is 0 Å². The highest BCUT2D eigenvalue weighted by atomic mass is 16.7. The molecule has 0 heterocycles. The van der Waals surface area contributed by atoms with Gasteiger partial charge in [0.1, 0.15) is 0 Å². The summed E-state index contributed by atoms with van der Waals surface area (Å²) in [6.07, 6.45) is 9.29. The number of ketones is 1. The largest absolute Gasteiger partial charge is 0.385 e. The Morgan fingerprint density at radius 2 is 1.08 bits per heavy atom. The number of likely N-dealkylation sites (N-methyl/N-ethyl adjacent to an activating group) is 1. The fourth-order valence-electron chi connectivity index (χ4n) is 4.78. The van der Waals surface area contributed by atoms with E-state index in [-0.39, 0.29) is 5.78 Å². The average molecular weight is 713 g/mol. The first-order valence-corrected chi connectivity index (χ1v) is 16.7. The molecule has 11 heteroatoms. The Hall–Kier alpha value is -7.01. The number of hydroxylamine groups is 3. The summed E-state index contributed by atoms with van der Waals surface area (Å²) in [5.74, 6) is -2.56. The fraction of sp³-hybridized carbons (Fsp3) is 0.119. The van der Waals surface area contributed by atoms with Gasteiger partial charge in [0, 0.05) is 66.9 Å². The molecule has 0 radical (unpaired) electrons. The minimum atomic E-state index is -0.745. The van der Waals surface area contributed by atoms with E-state index < -0.39 is 23.8 Å². The lowest BCUT2D eigenvalue weighted by atomic mass is 10.0. The van der Waals surface area contributed by atoms with Crippen LogP contribution in [0.1, 0.15) is 38.2 Å². The molecule has 0 aromatic heterocycles. The Kier molecular flexibility index (Phi) is 14.6. The molecule has 0 aliphatic rings.